The summed E-state index contributed by atoms with van der Waals surface area (Å²) in [4.78, 5) is 12.4. The molecule has 1 amide bonds. The van der Waals surface area contributed by atoms with Gasteiger partial charge in [-0.15, -0.1) is 0 Å². The summed E-state index contributed by atoms with van der Waals surface area (Å²) in [5.41, 5.74) is 0.0650. The van der Waals surface area contributed by atoms with Gasteiger partial charge in [-0.3, -0.25) is 4.79 Å². The fourth-order valence-electron chi connectivity index (χ4n) is 4.52. The van der Waals surface area contributed by atoms with Crippen LogP contribution < -0.4 is 10.6 Å². The van der Waals surface area contributed by atoms with Crippen molar-refractivity contribution in [3.8, 4) is 0 Å². The second-order valence-corrected chi connectivity index (χ2v) is 7.97. The Bertz CT molecular complexity index is 348. The molecule has 1 aliphatic carbocycles. The average Bonchev–Trinajstić information content (AvgIpc) is 2.72. The van der Waals surface area contributed by atoms with Crippen molar-refractivity contribution in [3.05, 3.63) is 0 Å². The zero-order valence-electron chi connectivity index (χ0n) is 13.1. The van der Waals surface area contributed by atoms with Crippen molar-refractivity contribution in [1.82, 2.24) is 10.6 Å². The number of rotatable bonds is 3. The predicted octanol–water partition coefficient (Wildman–Crippen LogP) is 2.99. The Labute approximate surface area is 123 Å². The molecular weight excluding hydrogens is 248 g/mol. The Morgan fingerprint density at radius 1 is 1.15 bits per heavy atom. The van der Waals surface area contributed by atoms with E-state index in [-0.39, 0.29) is 5.54 Å². The Hall–Kier alpha value is -0.570. The molecule has 2 saturated heterocycles. The summed E-state index contributed by atoms with van der Waals surface area (Å²) in [7, 11) is 0. The zero-order chi connectivity index (χ0) is 14.2. The first kappa shape index (κ1) is 14.4. The molecule has 114 valence electrons. The summed E-state index contributed by atoms with van der Waals surface area (Å²) in [6.45, 7) is 4.56. The van der Waals surface area contributed by atoms with Gasteiger partial charge in [-0.2, -0.15) is 0 Å². The van der Waals surface area contributed by atoms with E-state index in [1.54, 1.807) is 0 Å². The maximum Gasteiger partial charge on any atom is 0.220 e. The molecule has 2 N–H and O–H groups in total. The molecule has 0 aromatic rings. The molecule has 3 fully saturated rings. The highest BCUT2D eigenvalue weighted by atomic mass is 16.1. The lowest BCUT2D eigenvalue weighted by Gasteiger charge is -2.38. The van der Waals surface area contributed by atoms with Gasteiger partial charge in [-0.1, -0.05) is 6.92 Å². The van der Waals surface area contributed by atoms with Crippen LogP contribution in [0.3, 0.4) is 0 Å². The van der Waals surface area contributed by atoms with Crippen LogP contribution in [-0.2, 0) is 4.79 Å². The van der Waals surface area contributed by atoms with Crippen molar-refractivity contribution in [2.75, 3.05) is 0 Å². The summed E-state index contributed by atoms with van der Waals surface area (Å²) < 4.78 is 0. The highest BCUT2D eigenvalue weighted by molar-refractivity contribution is 5.77. The smallest absolute Gasteiger partial charge is 0.220 e. The van der Waals surface area contributed by atoms with Gasteiger partial charge in [0.2, 0.25) is 5.91 Å². The maximum atomic E-state index is 12.4. The molecule has 2 unspecified atom stereocenters. The van der Waals surface area contributed by atoms with Crippen LogP contribution >= 0.6 is 0 Å². The molecule has 0 radical (unpaired) electrons. The van der Waals surface area contributed by atoms with Gasteiger partial charge in [0.05, 0.1) is 0 Å². The summed E-state index contributed by atoms with van der Waals surface area (Å²) in [6.07, 6.45) is 10.6. The van der Waals surface area contributed by atoms with Crippen molar-refractivity contribution >= 4 is 5.91 Å². The number of hydrogen-bond donors (Lipinski definition) is 2. The number of amides is 1. The Kier molecular flexibility index (Phi) is 4.07. The maximum absolute atomic E-state index is 12.4. The van der Waals surface area contributed by atoms with Crippen LogP contribution in [0.5, 0.6) is 0 Å². The third-order valence-electron chi connectivity index (χ3n) is 5.86. The van der Waals surface area contributed by atoms with Crippen LogP contribution in [0.25, 0.3) is 0 Å². The first-order chi connectivity index (χ1) is 9.52. The van der Waals surface area contributed by atoms with Gasteiger partial charge in [-0.05, 0) is 70.1 Å². The number of carbonyl (C=O) groups excluding carboxylic acids is 1. The van der Waals surface area contributed by atoms with Gasteiger partial charge in [0.15, 0.2) is 0 Å². The zero-order valence-corrected chi connectivity index (χ0v) is 13.1. The van der Waals surface area contributed by atoms with E-state index in [0.717, 1.165) is 25.2 Å². The van der Waals surface area contributed by atoms with Gasteiger partial charge in [-0.25, -0.2) is 0 Å². The Morgan fingerprint density at radius 3 is 2.35 bits per heavy atom. The van der Waals surface area contributed by atoms with E-state index < -0.39 is 0 Å². The molecule has 0 aromatic heterocycles. The van der Waals surface area contributed by atoms with E-state index in [0.29, 0.717) is 23.9 Å². The number of carbonyl (C=O) groups is 1. The van der Waals surface area contributed by atoms with Crippen LogP contribution in [0.1, 0.15) is 71.6 Å². The van der Waals surface area contributed by atoms with Gasteiger partial charge in [0.25, 0.3) is 0 Å². The lowest BCUT2D eigenvalue weighted by molar-refractivity contribution is -0.124. The fourth-order valence-corrected chi connectivity index (χ4v) is 4.52. The molecule has 3 rings (SSSR count). The minimum atomic E-state index is 0.0650. The molecule has 2 atom stereocenters. The van der Waals surface area contributed by atoms with Crippen molar-refractivity contribution in [3.63, 3.8) is 0 Å². The van der Waals surface area contributed by atoms with Crippen LogP contribution in [-0.4, -0.2) is 23.5 Å². The van der Waals surface area contributed by atoms with Gasteiger partial charge < -0.3 is 10.6 Å². The highest BCUT2D eigenvalue weighted by Gasteiger charge is 2.36. The molecule has 3 aliphatic rings. The average molecular weight is 278 g/mol. The number of piperidine rings is 1. The first-order valence-corrected chi connectivity index (χ1v) is 8.59. The van der Waals surface area contributed by atoms with Crippen molar-refractivity contribution in [2.45, 2.75) is 89.3 Å². The first-order valence-electron chi connectivity index (χ1n) is 8.59. The van der Waals surface area contributed by atoms with Gasteiger partial charge in [0, 0.05) is 24.0 Å². The monoisotopic (exact) mass is 278 g/mol. The molecule has 3 heteroatoms. The van der Waals surface area contributed by atoms with Crippen LogP contribution in [0.2, 0.25) is 0 Å². The van der Waals surface area contributed by atoms with Crippen LogP contribution in [0, 0.1) is 11.8 Å². The molecule has 20 heavy (non-hydrogen) atoms. The van der Waals surface area contributed by atoms with E-state index >= 15 is 0 Å². The second-order valence-electron chi connectivity index (χ2n) is 7.97. The molecule has 2 heterocycles. The standard InChI is InChI=1S/C17H30N2O/c1-12-5-7-17(2,8-6-12)19-16(20)11-13-9-14-3-4-15(10-13)18-14/h12-15,18H,3-11H2,1-2H3,(H,19,20). The van der Waals surface area contributed by atoms with E-state index in [1.165, 1.54) is 38.5 Å². The minimum Gasteiger partial charge on any atom is -0.351 e. The summed E-state index contributed by atoms with van der Waals surface area (Å²) in [6, 6.07) is 1.38. The quantitative estimate of drug-likeness (QED) is 0.833. The third kappa shape index (κ3) is 3.36. The lowest BCUT2D eigenvalue weighted by Crippen LogP contribution is -2.49. The molecule has 0 spiro atoms. The van der Waals surface area contributed by atoms with Crippen LogP contribution in [0.4, 0.5) is 0 Å². The highest BCUT2D eigenvalue weighted by Crippen LogP contribution is 2.34. The van der Waals surface area contributed by atoms with E-state index in [1.807, 2.05) is 0 Å². The molecule has 2 aliphatic heterocycles. The number of fused-ring (bicyclic) bond motifs is 2. The molecular formula is C17H30N2O. The third-order valence-corrected chi connectivity index (χ3v) is 5.86. The minimum absolute atomic E-state index is 0.0650. The number of nitrogens with one attached hydrogen (secondary N) is 2. The Morgan fingerprint density at radius 2 is 1.75 bits per heavy atom. The largest absolute Gasteiger partial charge is 0.351 e. The van der Waals surface area contributed by atoms with Gasteiger partial charge >= 0.3 is 0 Å². The SMILES string of the molecule is CC1CCC(C)(NC(=O)CC2CC3CCC(C2)N3)CC1. The molecule has 0 aromatic carbocycles. The molecule has 1 saturated carbocycles. The van der Waals surface area contributed by atoms with Crippen molar-refractivity contribution in [1.29, 1.82) is 0 Å². The van der Waals surface area contributed by atoms with Crippen molar-refractivity contribution in [2.24, 2.45) is 11.8 Å². The second kappa shape index (κ2) is 5.67. The van der Waals surface area contributed by atoms with Crippen molar-refractivity contribution < 1.29 is 4.79 Å². The summed E-state index contributed by atoms with van der Waals surface area (Å²) in [5.74, 6) is 1.74. The van der Waals surface area contributed by atoms with Crippen LogP contribution in [0.15, 0.2) is 0 Å². The molecule has 2 bridgehead atoms. The van der Waals surface area contributed by atoms with E-state index in [2.05, 4.69) is 24.5 Å². The van der Waals surface area contributed by atoms with Gasteiger partial charge in [0.1, 0.15) is 0 Å². The predicted molar refractivity (Wildman–Crippen MR) is 81.5 cm³/mol. The molecule has 3 nitrogen and oxygen atoms in total. The lowest BCUT2D eigenvalue weighted by atomic mass is 9.78. The van der Waals surface area contributed by atoms with E-state index in [9.17, 15) is 4.79 Å². The number of hydrogen-bond acceptors (Lipinski definition) is 2. The fraction of sp³-hybridized carbons (Fsp3) is 0.941. The normalized spacial score (nSPS) is 44.3. The summed E-state index contributed by atoms with van der Waals surface area (Å²) in [5, 5.41) is 7.01. The summed E-state index contributed by atoms with van der Waals surface area (Å²) >= 11 is 0. The van der Waals surface area contributed by atoms with E-state index in [4.69, 9.17) is 0 Å². The topological polar surface area (TPSA) is 41.1 Å². The Balaban J connectivity index is 1.47.